The molecule has 1 aliphatic carbocycles. The third-order valence-corrected chi connectivity index (χ3v) is 4.04. The number of amides is 1. The molecule has 1 saturated carbocycles. The quantitative estimate of drug-likeness (QED) is 0.149. The van der Waals surface area contributed by atoms with Gasteiger partial charge in [-0.25, -0.2) is 4.99 Å². The molecule has 0 spiro atoms. The molecule has 8 nitrogen and oxygen atoms in total. The van der Waals surface area contributed by atoms with E-state index in [0.717, 1.165) is 32.2 Å². The minimum Gasteiger partial charge on any atom is -0.466 e. The van der Waals surface area contributed by atoms with Gasteiger partial charge in [0.05, 0.1) is 19.1 Å². The Morgan fingerprint density at radius 3 is 2.38 bits per heavy atom. The number of guanidine groups is 1. The Morgan fingerprint density at radius 2 is 1.81 bits per heavy atom. The smallest absolute Gasteiger partial charge is 0.308 e. The topological polar surface area (TPSA) is 101 Å². The Bertz CT molecular complexity index is 440. The van der Waals surface area contributed by atoms with Crippen LogP contribution in [0.25, 0.3) is 0 Å². The lowest BCUT2D eigenvalue weighted by Gasteiger charge is -2.29. The molecule has 26 heavy (non-hydrogen) atoms. The highest BCUT2D eigenvalue weighted by Crippen LogP contribution is 2.25. The Morgan fingerprint density at radius 1 is 1.12 bits per heavy atom. The average molecular weight is 484 g/mol. The zero-order valence-electron chi connectivity index (χ0n) is 16.0. The third-order valence-electron chi connectivity index (χ3n) is 4.04. The first kappa shape index (κ1) is 24.9. The maximum absolute atomic E-state index is 11.8. The summed E-state index contributed by atoms with van der Waals surface area (Å²) in [4.78, 5) is 27.8. The number of esters is 1. The van der Waals surface area contributed by atoms with Crippen molar-refractivity contribution in [3.05, 3.63) is 0 Å². The molecule has 0 heterocycles. The predicted molar refractivity (Wildman–Crippen MR) is 112 cm³/mol. The molecule has 0 aromatic rings. The fraction of sp³-hybridized carbons (Fsp3) is 0.824. The maximum Gasteiger partial charge on any atom is 0.308 e. The number of halogens is 1. The van der Waals surface area contributed by atoms with Crippen LogP contribution in [-0.2, 0) is 19.1 Å². The fourth-order valence-electron chi connectivity index (χ4n) is 2.75. The minimum atomic E-state index is -0.139. The fourth-order valence-corrected chi connectivity index (χ4v) is 2.75. The molecule has 1 amide bonds. The monoisotopic (exact) mass is 484 g/mol. The molecule has 0 aromatic heterocycles. The van der Waals surface area contributed by atoms with E-state index in [-0.39, 0.29) is 54.4 Å². The zero-order valence-corrected chi connectivity index (χ0v) is 18.3. The number of hydrogen-bond acceptors (Lipinski definition) is 5. The first-order valence-electron chi connectivity index (χ1n) is 9.07. The van der Waals surface area contributed by atoms with Gasteiger partial charge >= 0.3 is 5.97 Å². The van der Waals surface area contributed by atoms with Gasteiger partial charge in [-0.05, 0) is 39.5 Å². The Labute approximate surface area is 173 Å². The number of rotatable bonds is 9. The number of hydrogen-bond donors (Lipinski definition) is 3. The largest absolute Gasteiger partial charge is 0.466 e. The van der Waals surface area contributed by atoms with E-state index >= 15 is 0 Å². The van der Waals surface area contributed by atoms with Crippen molar-refractivity contribution < 1.29 is 19.1 Å². The molecule has 1 aliphatic rings. The highest BCUT2D eigenvalue weighted by molar-refractivity contribution is 14.0. The van der Waals surface area contributed by atoms with Gasteiger partial charge in [0.2, 0.25) is 5.91 Å². The van der Waals surface area contributed by atoms with Crippen LogP contribution in [0.2, 0.25) is 0 Å². The van der Waals surface area contributed by atoms with E-state index in [1.54, 1.807) is 7.11 Å². The number of nitrogens with one attached hydrogen (secondary N) is 3. The lowest BCUT2D eigenvalue weighted by atomic mass is 9.86. The van der Waals surface area contributed by atoms with Crippen LogP contribution in [-0.4, -0.2) is 63.8 Å². The highest BCUT2D eigenvalue weighted by atomic mass is 127. The van der Waals surface area contributed by atoms with E-state index in [1.165, 1.54) is 0 Å². The molecule has 0 aliphatic heterocycles. The molecular weight excluding hydrogens is 451 g/mol. The third kappa shape index (κ3) is 10.1. The SMILES string of the molecule is CCNC(=NCC(=O)NCCOC)NC1CCC(C(=O)OCC)CC1.I. The standard InChI is InChI=1S/C17H32N4O4.HI/c1-4-18-17(20-12-15(22)19-10-11-24-3)21-14-8-6-13(7-9-14)16(23)25-5-2;/h13-14H,4-12H2,1-3H3,(H,19,22)(H2,18,20,21);1H. The second kappa shape index (κ2) is 15.0. The van der Waals surface area contributed by atoms with Gasteiger partial charge in [-0.15, -0.1) is 24.0 Å². The Hall–Kier alpha value is -1.10. The number of methoxy groups -OCH3 is 1. The van der Waals surface area contributed by atoms with Gasteiger partial charge in [0.25, 0.3) is 0 Å². The van der Waals surface area contributed by atoms with Crippen LogP contribution >= 0.6 is 24.0 Å². The number of aliphatic imine (C=N–C) groups is 1. The number of carbonyl (C=O) groups excluding carboxylic acids is 2. The summed E-state index contributed by atoms with van der Waals surface area (Å²) in [6.45, 7) is 5.99. The van der Waals surface area contributed by atoms with Crippen LogP contribution in [0.1, 0.15) is 39.5 Å². The van der Waals surface area contributed by atoms with Crippen LogP contribution in [0.3, 0.4) is 0 Å². The Kier molecular flexibility index (Phi) is 14.4. The number of nitrogens with zero attached hydrogens (tertiary/aromatic N) is 1. The van der Waals surface area contributed by atoms with Crippen molar-refractivity contribution in [2.24, 2.45) is 10.9 Å². The zero-order chi connectivity index (χ0) is 18.5. The van der Waals surface area contributed by atoms with Crippen LogP contribution in [0.5, 0.6) is 0 Å². The summed E-state index contributed by atoms with van der Waals surface area (Å²) in [5, 5.41) is 9.24. The molecule has 152 valence electrons. The number of carbonyl (C=O) groups is 2. The maximum atomic E-state index is 11.8. The summed E-state index contributed by atoms with van der Waals surface area (Å²) in [6.07, 6.45) is 3.39. The summed E-state index contributed by atoms with van der Waals surface area (Å²) < 4.78 is 9.98. The van der Waals surface area contributed by atoms with Gasteiger partial charge < -0.3 is 25.4 Å². The van der Waals surface area contributed by atoms with Crippen molar-refractivity contribution >= 4 is 41.8 Å². The van der Waals surface area contributed by atoms with Crippen LogP contribution in [0, 0.1) is 5.92 Å². The van der Waals surface area contributed by atoms with E-state index in [9.17, 15) is 9.59 Å². The summed E-state index contributed by atoms with van der Waals surface area (Å²) in [6, 6.07) is 0.250. The van der Waals surface area contributed by atoms with E-state index < -0.39 is 0 Å². The molecule has 0 radical (unpaired) electrons. The lowest BCUT2D eigenvalue weighted by molar-refractivity contribution is -0.149. The first-order valence-corrected chi connectivity index (χ1v) is 9.07. The van der Waals surface area contributed by atoms with Gasteiger partial charge in [-0.3, -0.25) is 9.59 Å². The number of ether oxygens (including phenoxy) is 2. The molecule has 1 fully saturated rings. The molecular formula is C17H33IN4O4. The van der Waals surface area contributed by atoms with Crippen LogP contribution in [0.15, 0.2) is 4.99 Å². The Balaban J connectivity index is 0.00000625. The molecule has 1 rings (SSSR count). The van der Waals surface area contributed by atoms with Crippen molar-refractivity contribution in [2.75, 3.05) is 40.0 Å². The molecule has 0 aromatic carbocycles. The van der Waals surface area contributed by atoms with Gasteiger partial charge in [0.15, 0.2) is 5.96 Å². The minimum absolute atomic E-state index is 0. The van der Waals surface area contributed by atoms with Crippen molar-refractivity contribution in [2.45, 2.75) is 45.6 Å². The molecule has 0 unspecified atom stereocenters. The van der Waals surface area contributed by atoms with Crippen LogP contribution in [0.4, 0.5) is 0 Å². The molecule has 0 atom stereocenters. The first-order chi connectivity index (χ1) is 12.1. The van der Waals surface area contributed by atoms with Crippen molar-refractivity contribution in [1.82, 2.24) is 16.0 Å². The molecule has 0 saturated heterocycles. The summed E-state index contributed by atoms with van der Waals surface area (Å²) in [7, 11) is 1.59. The van der Waals surface area contributed by atoms with Gasteiger partial charge in [0.1, 0.15) is 6.54 Å². The van der Waals surface area contributed by atoms with Gasteiger partial charge in [-0.2, -0.15) is 0 Å². The summed E-state index contributed by atoms with van der Waals surface area (Å²) in [5.41, 5.74) is 0. The van der Waals surface area contributed by atoms with Gasteiger partial charge in [0, 0.05) is 26.2 Å². The van der Waals surface area contributed by atoms with E-state index in [0.29, 0.717) is 25.7 Å². The summed E-state index contributed by atoms with van der Waals surface area (Å²) in [5.74, 6) is 0.405. The molecule has 9 heteroatoms. The van der Waals surface area contributed by atoms with Crippen molar-refractivity contribution in [3.8, 4) is 0 Å². The van der Waals surface area contributed by atoms with Crippen molar-refractivity contribution in [1.29, 1.82) is 0 Å². The summed E-state index contributed by atoms with van der Waals surface area (Å²) >= 11 is 0. The second-order valence-electron chi connectivity index (χ2n) is 5.98. The van der Waals surface area contributed by atoms with Gasteiger partial charge in [-0.1, -0.05) is 0 Å². The highest BCUT2D eigenvalue weighted by Gasteiger charge is 2.27. The van der Waals surface area contributed by atoms with E-state index in [2.05, 4.69) is 20.9 Å². The second-order valence-corrected chi connectivity index (χ2v) is 5.98. The van der Waals surface area contributed by atoms with E-state index in [4.69, 9.17) is 9.47 Å². The van der Waals surface area contributed by atoms with Crippen LogP contribution < -0.4 is 16.0 Å². The average Bonchev–Trinajstić information content (AvgIpc) is 2.61. The predicted octanol–water partition coefficient (Wildman–Crippen LogP) is 1.04. The lowest BCUT2D eigenvalue weighted by Crippen LogP contribution is -2.46. The normalized spacial score (nSPS) is 19.9. The molecule has 0 bridgehead atoms. The molecule has 3 N–H and O–H groups in total. The van der Waals surface area contributed by atoms with E-state index in [1.807, 2.05) is 13.8 Å². The van der Waals surface area contributed by atoms with Crippen molar-refractivity contribution in [3.63, 3.8) is 0 Å².